The Hall–Kier alpha value is -1.59. The van der Waals surface area contributed by atoms with E-state index >= 15 is 0 Å². The number of amides is 2. The summed E-state index contributed by atoms with van der Waals surface area (Å²) in [4.78, 5) is 17.1. The normalized spacial score (nSPS) is 33.2. The fourth-order valence-corrected chi connectivity index (χ4v) is 5.08. The van der Waals surface area contributed by atoms with Crippen molar-refractivity contribution in [3.05, 3.63) is 29.3 Å². The maximum atomic E-state index is 12.9. The summed E-state index contributed by atoms with van der Waals surface area (Å²) in [5.74, 6) is 1.01. The zero-order valence-corrected chi connectivity index (χ0v) is 15.7. The number of aryl methyl sites for hydroxylation is 2. The van der Waals surface area contributed by atoms with Gasteiger partial charge in [-0.05, 0) is 58.0 Å². The maximum Gasteiger partial charge on any atom is 0.321 e. The lowest BCUT2D eigenvalue weighted by Gasteiger charge is -2.30. The van der Waals surface area contributed by atoms with Crippen molar-refractivity contribution in [1.82, 2.24) is 9.80 Å². The van der Waals surface area contributed by atoms with Gasteiger partial charge >= 0.3 is 6.03 Å². The fraction of sp³-hybridized carbons (Fsp3) is 0.650. The first-order chi connectivity index (χ1) is 11.9. The lowest BCUT2D eigenvalue weighted by molar-refractivity contribution is 0.00534. The lowest BCUT2D eigenvalue weighted by atomic mass is 9.73. The number of nitrogens with one attached hydrogen (secondary N) is 1. The second-order valence-electron chi connectivity index (χ2n) is 8.42. The molecule has 4 atom stereocenters. The molecule has 3 saturated heterocycles. The van der Waals surface area contributed by atoms with Crippen molar-refractivity contribution in [2.24, 2.45) is 11.8 Å². The standard InChI is InChI=1S/C20H29N3O2/c1-13-5-6-14(2)17(9-13)21-19(24)23-11-16-15(10-22(3)4)18-7-8-20(16,12-23)25-18/h5-6,9,15-16,18H,7-8,10-12H2,1-4H3,(H,21,24)/t15-,16+,18+,20+/m0/s1. The minimum Gasteiger partial charge on any atom is -0.369 e. The minimum absolute atomic E-state index is 0.00753. The summed E-state index contributed by atoms with van der Waals surface area (Å²) < 4.78 is 6.42. The first-order valence-electron chi connectivity index (χ1n) is 9.34. The molecule has 0 radical (unpaired) electrons. The zero-order valence-electron chi connectivity index (χ0n) is 15.7. The smallest absolute Gasteiger partial charge is 0.321 e. The Bertz CT molecular complexity index is 690. The van der Waals surface area contributed by atoms with E-state index < -0.39 is 0 Å². The number of urea groups is 1. The van der Waals surface area contributed by atoms with Gasteiger partial charge in [-0.15, -0.1) is 0 Å². The number of anilines is 1. The molecule has 0 aliphatic carbocycles. The van der Waals surface area contributed by atoms with E-state index in [1.54, 1.807) is 0 Å². The van der Waals surface area contributed by atoms with Crippen LogP contribution in [-0.2, 0) is 4.74 Å². The number of likely N-dealkylation sites (tertiary alicyclic amines) is 1. The van der Waals surface area contributed by atoms with E-state index in [1.807, 2.05) is 24.8 Å². The van der Waals surface area contributed by atoms with Crippen molar-refractivity contribution in [2.45, 2.75) is 38.4 Å². The van der Waals surface area contributed by atoms with Gasteiger partial charge in [-0.1, -0.05) is 12.1 Å². The van der Waals surface area contributed by atoms with Crippen LogP contribution in [0.4, 0.5) is 10.5 Å². The highest BCUT2D eigenvalue weighted by Gasteiger charge is 2.63. The van der Waals surface area contributed by atoms with Crippen LogP contribution in [0.5, 0.6) is 0 Å². The van der Waals surface area contributed by atoms with Crippen LogP contribution in [0.3, 0.4) is 0 Å². The number of benzene rings is 1. The molecule has 136 valence electrons. The number of hydrogen-bond acceptors (Lipinski definition) is 3. The van der Waals surface area contributed by atoms with E-state index in [4.69, 9.17) is 4.74 Å². The molecule has 0 saturated carbocycles. The monoisotopic (exact) mass is 343 g/mol. The molecule has 1 aromatic rings. The van der Waals surface area contributed by atoms with Crippen molar-refractivity contribution in [1.29, 1.82) is 0 Å². The Morgan fingerprint density at radius 3 is 2.96 bits per heavy atom. The number of hydrogen-bond donors (Lipinski definition) is 1. The molecule has 0 unspecified atom stereocenters. The van der Waals surface area contributed by atoms with Crippen LogP contribution < -0.4 is 5.32 Å². The largest absolute Gasteiger partial charge is 0.369 e. The fourth-order valence-electron chi connectivity index (χ4n) is 5.08. The van der Waals surface area contributed by atoms with Crippen LogP contribution in [-0.4, -0.2) is 61.3 Å². The van der Waals surface area contributed by atoms with Crippen molar-refractivity contribution < 1.29 is 9.53 Å². The van der Waals surface area contributed by atoms with E-state index in [0.29, 0.717) is 17.9 Å². The van der Waals surface area contributed by atoms with Gasteiger partial charge < -0.3 is 19.9 Å². The Labute approximate surface area is 150 Å². The molecule has 0 aromatic heterocycles. The van der Waals surface area contributed by atoms with E-state index in [0.717, 1.165) is 49.3 Å². The molecule has 3 fully saturated rings. The molecule has 1 aromatic carbocycles. The molecule has 2 amide bonds. The Balaban J connectivity index is 1.48. The van der Waals surface area contributed by atoms with E-state index in [9.17, 15) is 4.79 Å². The Kier molecular flexibility index (Phi) is 4.04. The summed E-state index contributed by atoms with van der Waals surface area (Å²) in [6, 6.07) is 6.18. The predicted molar refractivity (Wildman–Crippen MR) is 98.9 cm³/mol. The molecule has 2 bridgehead atoms. The molecule has 3 aliphatic rings. The Morgan fingerprint density at radius 1 is 1.40 bits per heavy atom. The number of ether oxygens (including phenoxy) is 1. The number of fused-ring (bicyclic) bond motifs is 1. The summed E-state index contributed by atoms with van der Waals surface area (Å²) in [6.07, 6.45) is 2.62. The molecule has 5 heteroatoms. The summed E-state index contributed by atoms with van der Waals surface area (Å²) in [6.45, 7) is 6.67. The third kappa shape index (κ3) is 2.83. The number of nitrogens with zero attached hydrogens (tertiary/aromatic N) is 2. The van der Waals surface area contributed by atoms with Crippen LogP contribution in [0, 0.1) is 25.7 Å². The quantitative estimate of drug-likeness (QED) is 0.918. The minimum atomic E-state index is -0.0929. The predicted octanol–water partition coefficient (Wildman–Crippen LogP) is 2.88. The molecule has 4 rings (SSSR count). The van der Waals surface area contributed by atoms with Crippen LogP contribution in [0.2, 0.25) is 0 Å². The van der Waals surface area contributed by atoms with Gasteiger partial charge in [0.1, 0.15) is 0 Å². The molecular formula is C20H29N3O2. The number of rotatable bonds is 3. The van der Waals surface area contributed by atoms with Gasteiger partial charge in [0, 0.05) is 30.6 Å². The number of carbonyl (C=O) groups is 1. The molecule has 25 heavy (non-hydrogen) atoms. The Morgan fingerprint density at radius 2 is 2.20 bits per heavy atom. The van der Waals surface area contributed by atoms with Crippen molar-refractivity contribution in [3.63, 3.8) is 0 Å². The number of carbonyl (C=O) groups excluding carboxylic acids is 1. The third-order valence-electron chi connectivity index (χ3n) is 6.28. The molecule has 5 nitrogen and oxygen atoms in total. The summed E-state index contributed by atoms with van der Waals surface area (Å²) >= 11 is 0. The molecule has 1 N–H and O–H groups in total. The highest BCUT2D eigenvalue weighted by Crippen LogP contribution is 2.54. The van der Waals surface area contributed by atoms with Gasteiger partial charge in [-0.3, -0.25) is 0 Å². The lowest BCUT2D eigenvalue weighted by Crippen LogP contribution is -2.40. The van der Waals surface area contributed by atoms with E-state index in [-0.39, 0.29) is 11.6 Å². The molecular weight excluding hydrogens is 314 g/mol. The van der Waals surface area contributed by atoms with Crippen LogP contribution >= 0.6 is 0 Å². The molecule has 1 spiro atoms. The summed E-state index contributed by atoms with van der Waals surface area (Å²) in [5.41, 5.74) is 3.07. The van der Waals surface area contributed by atoms with Gasteiger partial charge in [0.05, 0.1) is 18.2 Å². The maximum absolute atomic E-state index is 12.9. The van der Waals surface area contributed by atoms with Gasteiger partial charge in [0.15, 0.2) is 0 Å². The summed E-state index contributed by atoms with van der Waals surface area (Å²) in [7, 11) is 4.25. The average molecular weight is 343 g/mol. The topological polar surface area (TPSA) is 44.8 Å². The van der Waals surface area contributed by atoms with Gasteiger partial charge in [-0.2, -0.15) is 0 Å². The second kappa shape index (κ2) is 5.99. The highest BCUT2D eigenvalue weighted by molar-refractivity contribution is 5.90. The van der Waals surface area contributed by atoms with Gasteiger partial charge in [0.2, 0.25) is 0 Å². The molecule has 3 heterocycles. The summed E-state index contributed by atoms with van der Waals surface area (Å²) in [5, 5.41) is 3.11. The van der Waals surface area contributed by atoms with E-state index in [1.165, 1.54) is 0 Å². The third-order valence-corrected chi connectivity index (χ3v) is 6.28. The molecule has 3 aliphatic heterocycles. The van der Waals surface area contributed by atoms with E-state index in [2.05, 4.69) is 36.4 Å². The second-order valence-corrected chi connectivity index (χ2v) is 8.42. The average Bonchev–Trinajstić information content (AvgIpc) is 3.20. The zero-order chi connectivity index (χ0) is 17.8. The van der Waals surface area contributed by atoms with Gasteiger partial charge in [-0.25, -0.2) is 4.79 Å². The van der Waals surface area contributed by atoms with Crippen LogP contribution in [0.15, 0.2) is 18.2 Å². The highest BCUT2D eigenvalue weighted by atomic mass is 16.5. The SMILES string of the molecule is Cc1ccc(C)c(NC(=O)N2C[C@@H]3[C@H](CN(C)C)[C@H]4CC[C@]3(C2)O4)c1. The van der Waals surface area contributed by atoms with Crippen LogP contribution in [0.25, 0.3) is 0 Å². The van der Waals surface area contributed by atoms with Crippen molar-refractivity contribution in [3.8, 4) is 0 Å². The van der Waals surface area contributed by atoms with Gasteiger partial charge in [0.25, 0.3) is 0 Å². The van der Waals surface area contributed by atoms with Crippen LogP contribution in [0.1, 0.15) is 24.0 Å². The van der Waals surface area contributed by atoms with Crippen molar-refractivity contribution in [2.75, 3.05) is 39.0 Å². The first-order valence-corrected chi connectivity index (χ1v) is 9.34. The van der Waals surface area contributed by atoms with Crippen molar-refractivity contribution >= 4 is 11.7 Å². The first kappa shape index (κ1) is 16.9.